The van der Waals surface area contributed by atoms with Crippen LogP contribution < -0.4 is 10.1 Å². The number of carbonyl (C=O) groups excluding carboxylic acids is 2. The van der Waals surface area contributed by atoms with Gasteiger partial charge in [0.05, 0.1) is 36.1 Å². The van der Waals surface area contributed by atoms with Gasteiger partial charge in [-0.3, -0.25) is 4.98 Å². The minimum Gasteiger partial charge on any atom is -0.491 e. The maximum atomic E-state index is 12.6. The molecule has 0 aliphatic carbocycles. The van der Waals surface area contributed by atoms with Crippen molar-refractivity contribution < 1.29 is 23.8 Å². The molecule has 0 aliphatic heterocycles. The summed E-state index contributed by atoms with van der Waals surface area (Å²) in [5.41, 5.74) is 2.53. The molecule has 3 aromatic rings. The normalized spacial score (nSPS) is 10.7. The Labute approximate surface area is 181 Å². The molecule has 1 heterocycles. The third kappa shape index (κ3) is 5.31. The van der Waals surface area contributed by atoms with Crippen molar-refractivity contribution in [1.82, 2.24) is 4.98 Å². The third-order valence-electron chi connectivity index (χ3n) is 4.37. The zero-order chi connectivity index (χ0) is 22.4. The molecular weight excluding hydrogens is 396 g/mol. The van der Waals surface area contributed by atoms with Gasteiger partial charge < -0.3 is 19.5 Å². The van der Waals surface area contributed by atoms with Gasteiger partial charge in [0.1, 0.15) is 11.3 Å². The van der Waals surface area contributed by atoms with E-state index in [-0.39, 0.29) is 24.9 Å². The number of nitrogens with one attached hydrogen (secondary N) is 1. The van der Waals surface area contributed by atoms with Gasteiger partial charge in [0.15, 0.2) is 0 Å². The van der Waals surface area contributed by atoms with E-state index in [9.17, 15) is 9.59 Å². The molecular formula is C24H26N2O5. The van der Waals surface area contributed by atoms with Gasteiger partial charge in [0, 0.05) is 17.3 Å². The van der Waals surface area contributed by atoms with Gasteiger partial charge in [-0.05, 0) is 70.2 Å². The van der Waals surface area contributed by atoms with Gasteiger partial charge in [-0.25, -0.2) is 9.59 Å². The molecule has 3 rings (SSSR count). The predicted octanol–water partition coefficient (Wildman–Crippen LogP) is 5.12. The van der Waals surface area contributed by atoms with Crippen LogP contribution in [0.15, 0.2) is 48.7 Å². The molecule has 0 saturated carbocycles. The molecule has 0 bridgehead atoms. The lowest BCUT2D eigenvalue weighted by Crippen LogP contribution is -2.10. The summed E-state index contributed by atoms with van der Waals surface area (Å²) in [6.07, 6.45) is 1.54. The fourth-order valence-corrected chi connectivity index (χ4v) is 3.07. The molecule has 0 fully saturated rings. The number of anilines is 2. The SMILES string of the molecule is CCOC(=O)c1ccc2ncc(C(=O)OCC)c(Nc3ccc(OC(C)C)cc3)c2c1. The average molecular weight is 422 g/mol. The number of nitrogens with zero attached hydrogens (tertiary/aromatic N) is 1. The minimum atomic E-state index is -0.499. The molecule has 0 spiro atoms. The smallest absolute Gasteiger partial charge is 0.341 e. The highest BCUT2D eigenvalue weighted by Crippen LogP contribution is 2.31. The van der Waals surface area contributed by atoms with Crippen LogP contribution in [0.4, 0.5) is 11.4 Å². The topological polar surface area (TPSA) is 86.8 Å². The summed E-state index contributed by atoms with van der Waals surface area (Å²) < 4.78 is 16.0. The summed E-state index contributed by atoms with van der Waals surface area (Å²) >= 11 is 0. The van der Waals surface area contributed by atoms with Crippen molar-refractivity contribution in [3.05, 3.63) is 59.8 Å². The minimum absolute atomic E-state index is 0.0691. The van der Waals surface area contributed by atoms with Crippen LogP contribution in [0.2, 0.25) is 0 Å². The van der Waals surface area contributed by atoms with E-state index in [1.165, 1.54) is 6.20 Å². The van der Waals surface area contributed by atoms with Gasteiger partial charge in [-0.2, -0.15) is 0 Å². The second-order valence-electron chi connectivity index (χ2n) is 7.04. The first kappa shape index (κ1) is 22.1. The highest BCUT2D eigenvalue weighted by molar-refractivity contribution is 6.07. The van der Waals surface area contributed by atoms with E-state index in [0.29, 0.717) is 22.2 Å². The van der Waals surface area contributed by atoms with E-state index in [1.54, 1.807) is 32.0 Å². The van der Waals surface area contributed by atoms with Crippen LogP contribution in [0, 0.1) is 0 Å². The van der Waals surface area contributed by atoms with E-state index < -0.39 is 11.9 Å². The van der Waals surface area contributed by atoms with Crippen LogP contribution in [0.1, 0.15) is 48.4 Å². The van der Waals surface area contributed by atoms with Crippen molar-refractivity contribution in [1.29, 1.82) is 0 Å². The third-order valence-corrected chi connectivity index (χ3v) is 4.37. The van der Waals surface area contributed by atoms with Gasteiger partial charge in [0.2, 0.25) is 0 Å². The quantitative estimate of drug-likeness (QED) is 0.504. The van der Waals surface area contributed by atoms with Gasteiger partial charge >= 0.3 is 11.9 Å². The largest absolute Gasteiger partial charge is 0.491 e. The van der Waals surface area contributed by atoms with Crippen molar-refractivity contribution in [2.24, 2.45) is 0 Å². The number of esters is 2. The Morgan fingerprint density at radius 2 is 1.65 bits per heavy atom. The Morgan fingerprint density at radius 3 is 2.29 bits per heavy atom. The number of fused-ring (bicyclic) bond motifs is 1. The zero-order valence-electron chi connectivity index (χ0n) is 18.1. The summed E-state index contributed by atoms with van der Waals surface area (Å²) in [7, 11) is 0. The second kappa shape index (κ2) is 9.93. The molecule has 7 nitrogen and oxygen atoms in total. The van der Waals surface area contributed by atoms with Crippen LogP contribution in [0.25, 0.3) is 10.9 Å². The van der Waals surface area contributed by atoms with Crippen molar-refractivity contribution in [3.8, 4) is 5.75 Å². The molecule has 31 heavy (non-hydrogen) atoms. The highest BCUT2D eigenvalue weighted by Gasteiger charge is 2.19. The second-order valence-corrected chi connectivity index (χ2v) is 7.04. The Morgan fingerprint density at radius 1 is 0.968 bits per heavy atom. The van der Waals surface area contributed by atoms with Crippen LogP contribution in [-0.2, 0) is 9.47 Å². The van der Waals surface area contributed by atoms with Gasteiger partial charge in [-0.15, -0.1) is 0 Å². The number of rotatable bonds is 8. The van der Waals surface area contributed by atoms with Crippen LogP contribution in [0.3, 0.4) is 0 Å². The number of carbonyl (C=O) groups is 2. The van der Waals surface area contributed by atoms with E-state index in [0.717, 1.165) is 11.4 Å². The standard InChI is InChI=1S/C24H26N2O5/c1-5-29-23(27)16-7-12-21-19(13-16)22(20(14-25-21)24(28)30-6-2)26-17-8-10-18(11-9-17)31-15(3)4/h7-15H,5-6H2,1-4H3,(H,25,26). The molecule has 0 atom stereocenters. The fraction of sp³-hybridized carbons (Fsp3) is 0.292. The molecule has 2 aromatic carbocycles. The fourth-order valence-electron chi connectivity index (χ4n) is 3.07. The lowest BCUT2D eigenvalue weighted by molar-refractivity contribution is 0.0518. The summed E-state index contributed by atoms with van der Waals surface area (Å²) in [6.45, 7) is 7.92. The molecule has 1 N–H and O–H groups in total. The number of benzene rings is 2. The van der Waals surface area contributed by atoms with Crippen molar-refractivity contribution in [3.63, 3.8) is 0 Å². The van der Waals surface area contributed by atoms with Crippen molar-refractivity contribution in [2.45, 2.75) is 33.8 Å². The highest BCUT2D eigenvalue weighted by atomic mass is 16.5. The van der Waals surface area contributed by atoms with Crippen LogP contribution >= 0.6 is 0 Å². The van der Waals surface area contributed by atoms with E-state index in [2.05, 4.69) is 10.3 Å². The Balaban J connectivity index is 2.07. The average Bonchev–Trinajstić information content (AvgIpc) is 2.75. The molecule has 7 heteroatoms. The molecule has 0 unspecified atom stereocenters. The van der Waals surface area contributed by atoms with Gasteiger partial charge in [0.25, 0.3) is 0 Å². The first-order valence-corrected chi connectivity index (χ1v) is 10.2. The van der Waals surface area contributed by atoms with Crippen LogP contribution in [-0.4, -0.2) is 36.2 Å². The Hall–Kier alpha value is -3.61. The Kier molecular flexibility index (Phi) is 7.07. The number of ether oxygens (including phenoxy) is 3. The molecule has 0 radical (unpaired) electrons. The maximum absolute atomic E-state index is 12.6. The summed E-state index contributed by atoms with van der Waals surface area (Å²) in [6, 6.07) is 12.4. The summed E-state index contributed by atoms with van der Waals surface area (Å²) in [4.78, 5) is 29.2. The number of hydrogen-bond acceptors (Lipinski definition) is 7. The first-order valence-electron chi connectivity index (χ1n) is 10.2. The predicted molar refractivity (Wildman–Crippen MR) is 119 cm³/mol. The van der Waals surface area contributed by atoms with E-state index in [4.69, 9.17) is 14.2 Å². The lowest BCUT2D eigenvalue weighted by atomic mass is 10.1. The molecule has 0 amide bonds. The maximum Gasteiger partial charge on any atom is 0.341 e. The van der Waals surface area contributed by atoms with E-state index >= 15 is 0 Å². The Bertz CT molecular complexity index is 1070. The first-order chi connectivity index (χ1) is 14.9. The van der Waals surface area contributed by atoms with Gasteiger partial charge in [-0.1, -0.05) is 0 Å². The van der Waals surface area contributed by atoms with Crippen molar-refractivity contribution in [2.75, 3.05) is 18.5 Å². The zero-order valence-corrected chi connectivity index (χ0v) is 18.1. The summed E-state index contributed by atoms with van der Waals surface area (Å²) in [5.74, 6) is -0.192. The van der Waals surface area contributed by atoms with Crippen molar-refractivity contribution >= 4 is 34.2 Å². The lowest BCUT2D eigenvalue weighted by Gasteiger charge is -2.15. The monoisotopic (exact) mass is 422 g/mol. The number of pyridine rings is 1. The molecule has 0 aliphatic rings. The molecule has 162 valence electrons. The van der Waals surface area contributed by atoms with E-state index in [1.807, 2.05) is 38.1 Å². The molecule has 0 saturated heterocycles. The summed E-state index contributed by atoms with van der Waals surface area (Å²) in [5, 5.41) is 3.89. The van der Waals surface area contributed by atoms with Crippen LogP contribution in [0.5, 0.6) is 5.75 Å². The number of aromatic nitrogens is 1. The number of hydrogen-bond donors (Lipinski definition) is 1. The molecule has 1 aromatic heterocycles.